The lowest BCUT2D eigenvalue weighted by atomic mass is 9.95. The Morgan fingerprint density at radius 3 is 2.62 bits per heavy atom. The predicted molar refractivity (Wildman–Crippen MR) is 79.0 cm³/mol. The van der Waals surface area contributed by atoms with Gasteiger partial charge in [0, 0.05) is 17.8 Å². The summed E-state index contributed by atoms with van der Waals surface area (Å²) in [7, 11) is 0. The van der Waals surface area contributed by atoms with Crippen molar-refractivity contribution in [1.82, 2.24) is 10.1 Å². The summed E-state index contributed by atoms with van der Waals surface area (Å²) in [6.45, 7) is 1.99. The number of phenols is 1. The van der Waals surface area contributed by atoms with Crippen LogP contribution in [0.15, 0.2) is 52.1 Å². The van der Waals surface area contributed by atoms with E-state index in [1.165, 1.54) is 6.26 Å². The SMILES string of the molecule is CCc1c(-c2ccc(O)cc2)c[nH]c(=O)c1-c1ccon1. The van der Waals surface area contributed by atoms with Crippen LogP contribution in [0.3, 0.4) is 0 Å². The van der Waals surface area contributed by atoms with E-state index >= 15 is 0 Å². The Balaban J connectivity index is 2.25. The highest BCUT2D eigenvalue weighted by Gasteiger charge is 2.16. The van der Waals surface area contributed by atoms with E-state index in [1.54, 1.807) is 24.4 Å². The number of H-pyrrole nitrogens is 1. The minimum atomic E-state index is -0.191. The van der Waals surface area contributed by atoms with Crippen LogP contribution in [0.2, 0.25) is 0 Å². The summed E-state index contributed by atoms with van der Waals surface area (Å²) in [6.07, 6.45) is 3.82. The molecule has 0 aliphatic carbocycles. The van der Waals surface area contributed by atoms with Crippen LogP contribution in [0.1, 0.15) is 12.5 Å². The summed E-state index contributed by atoms with van der Waals surface area (Å²) in [5, 5.41) is 13.3. The van der Waals surface area contributed by atoms with Gasteiger partial charge in [-0.3, -0.25) is 4.79 Å². The first-order valence-electron chi connectivity index (χ1n) is 6.65. The normalized spacial score (nSPS) is 10.7. The maximum Gasteiger partial charge on any atom is 0.257 e. The lowest BCUT2D eigenvalue weighted by Gasteiger charge is -2.11. The van der Waals surface area contributed by atoms with Crippen LogP contribution in [-0.2, 0) is 6.42 Å². The van der Waals surface area contributed by atoms with Gasteiger partial charge in [0.05, 0.1) is 5.56 Å². The van der Waals surface area contributed by atoms with Crippen molar-refractivity contribution >= 4 is 0 Å². The van der Waals surface area contributed by atoms with E-state index in [4.69, 9.17) is 4.52 Å². The molecular weight excluding hydrogens is 268 g/mol. The highest BCUT2D eigenvalue weighted by molar-refractivity contribution is 5.75. The van der Waals surface area contributed by atoms with E-state index in [9.17, 15) is 9.90 Å². The number of aromatic nitrogens is 2. The van der Waals surface area contributed by atoms with Crippen molar-refractivity contribution in [3.05, 3.63) is 58.7 Å². The number of pyridine rings is 1. The molecule has 0 atom stereocenters. The standard InChI is InChI=1S/C16H14N2O3/c1-2-12-13(10-3-5-11(19)6-4-10)9-17-16(20)15(12)14-7-8-21-18-14/h3-9,19H,2H2,1H3,(H,17,20). The molecule has 5 nitrogen and oxygen atoms in total. The van der Waals surface area contributed by atoms with Gasteiger partial charge in [-0.25, -0.2) is 0 Å². The van der Waals surface area contributed by atoms with Crippen LogP contribution in [0.4, 0.5) is 0 Å². The van der Waals surface area contributed by atoms with Crippen molar-refractivity contribution in [3.63, 3.8) is 0 Å². The minimum Gasteiger partial charge on any atom is -0.508 e. The lowest BCUT2D eigenvalue weighted by Crippen LogP contribution is -2.12. The molecule has 1 aromatic carbocycles. The predicted octanol–water partition coefficient (Wildman–Crippen LogP) is 2.96. The Morgan fingerprint density at radius 2 is 2.00 bits per heavy atom. The Morgan fingerprint density at radius 1 is 1.24 bits per heavy atom. The Hall–Kier alpha value is -2.82. The zero-order valence-corrected chi connectivity index (χ0v) is 11.5. The molecule has 0 aliphatic rings. The number of aromatic amines is 1. The zero-order chi connectivity index (χ0) is 14.8. The molecule has 0 radical (unpaired) electrons. The molecular formula is C16H14N2O3. The van der Waals surface area contributed by atoms with Crippen molar-refractivity contribution in [3.8, 4) is 28.1 Å². The second-order valence-electron chi connectivity index (χ2n) is 4.67. The third-order valence-electron chi connectivity index (χ3n) is 3.43. The molecule has 0 aliphatic heterocycles. The number of benzene rings is 1. The van der Waals surface area contributed by atoms with Crippen LogP contribution < -0.4 is 5.56 Å². The third kappa shape index (κ3) is 2.33. The molecule has 2 heterocycles. The van der Waals surface area contributed by atoms with Gasteiger partial charge in [0.2, 0.25) is 0 Å². The van der Waals surface area contributed by atoms with E-state index in [-0.39, 0.29) is 11.3 Å². The molecule has 0 saturated heterocycles. The van der Waals surface area contributed by atoms with Gasteiger partial charge < -0.3 is 14.6 Å². The molecule has 5 heteroatoms. The number of nitrogens with one attached hydrogen (secondary N) is 1. The van der Waals surface area contributed by atoms with Crippen LogP contribution in [0, 0.1) is 0 Å². The molecule has 106 valence electrons. The second kappa shape index (κ2) is 5.28. The smallest absolute Gasteiger partial charge is 0.257 e. The minimum absolute atomic E-state index is 0.191. The summed E-state index contributed by atoms with van der Waals surface area (Å²) >= 11 is 0. The molecule has 0 saturated carbocycles. The number of rotatable bonds is 3. The van der Waals surface area contributed by atoms with E-state index in [0.717, 1.165) is 16.7 Å². The number of hydrogen-bond donors (Lipinski definition) is 2. The maximum absolute atomic E-state index is 12.2. The Kier molecular flexibility index (Phi) is 3.31. The first-order valence-corrected chi connectivity index (χ1v) is 6.65. The van der Waals surface area contributed by atoms with Crippen LogP contribution in [0.5, 0.6) is 5.75 Å². The maximum atomic E-state index is 12.2. The quantitative estimate of drug-likeness (QED) is 0.774. The van der Waals surface area contributed by atoms with Gasteiger partial charge in [-0.15, -0.1) is 0 Å². The highest BCUT2D eigenvalue weighted by atomic mass is 16.5. The topological polar surface area (TPSA) is 79.1 Å². The number of nitrogens with zero attached hydrogens (tertiary/aromatic N) is 1. The first-order chi connectivity index (χ1) is 10.2. The van der Waals surface area contributed by atoms with Crippen LogP contribution in [0.25, 0.3) is 22.4 Å². The van der Waals surface area contributed by atoms with Crippen molar-refractivity contribution in [2.45, 2.75) is 13.3 Å². The molecule has 0 unspecified atom stereocenters. The average molecular weight is 282 g/mol. The van der Waals surface area contributed by atoms with E-state index in [0.29, 0.717) is 17.7 Å². The summed E-state index contributed by atoms with van der Waals surface area (Å²) in [4.78, 5) is 14.9. The molecule has 3 aromatic rings. The van der Waals surface area contributed by atoms with Gasteiger partial charge in [0.15, 0.2) is 0 Å². The van der Waals surface area contributed by atoms with Crippen molar-refractivity contribution in [1.29, 1.82) is 0 Å². The fraction of sp³-hybridized carbons (Fsp3) is 0.125. The van der Waals surface area contributed by atoms with Crippen LogP contribution >= 0.6 is 0 Å². The highest BCUT2D eigenvalue weighted by Crippen LogP contribution is 2.29. The van der Waals surface area contributed by atoms with Gasteiger partial charge >= 0.3 is 0 Å². The van der Waals surface area contributed by atoms with Crippen molar-refractivity contribution in [2.75, 3.05) is 0 Å². The molecule has 0 amide bonds. The fourth-order valence-corrected chi connectivity index (χ4v) is 2.45. The first kappa shape index (κ1) is 13.2. The third-order valence-corrected chi connectivity index (χ3v) is 3.43. The molecule has 21 heavy (non-hydrogen) atoms. The average Bonchev–Trinajstić information content (AvgIpc) is 3.01. The van der Waals surface area contributed by atoms with Gasteiger partial charge in [-0.2, -0.15) is 0 Å². The van der Waals surface area contributed by atoms with E-state index in [2.05, 4.69) is 10.1 Å². The molecule has 0 bridgehead atoms. The Bertz CT molecular complexity index is 803. The summed E-state index contributed by atoms with van der Waals surface area (Å²) in [6, 6.07) is 8.54. The monoisotopic (exact) mass is 282 g/mol. The second-order valence-corrected chi connectivity index (χ2v) is 4.67. The summed E-state index contributed by atoms with van der Waals surface area (Å²) in [5.41, 5.74) is 3.59. The molecule has 2 N–H and O–H groups in total. The molecule has 0 fully saturated rings. The lowest BCUT2D eigenvalue weighted by molar-refractivity contribution is 0.422. The van der Waals surface area contributed by atoms with Crippen molar-refractivity contribution < 1.29 is 9.63 Å². The van der Waals surface area contributed by atoms with E-state index in [1.807, 2.05) is 19.1 Å². The summed E-state index contributed by atoms with van der Waals surface area (Å²) in [5.74, 6) is 0.206. The van der Waals surface area contributed by atoms with Gasteiger partial charge in [-0.1, -0.05) is 24.2 Å². The van der Waals surface area contributed by atoms with Gasteiger partial charge in [0.1, 0.15) is 17.7 Å². The Labute approximate surface area is 120 Å². The molecule has 2 aromatic heterocycles. The zero-order valence-electron chi connectivity index (χ0n) is 11.5. The largest absolute Gasteiger partial charge is 0.508 e. The van der Waals surface area contributed by atoms with Gasteiger partial charge in [-0.05, 0) is 29.7 Å². The summed E-state index contributed by atoms with van der Waals surface area (Å²) < 4.78 is 4.85. The van der Waals surface area contributed by atoms with E-state index < -0.39 is 0 Å². The van der Waals surface area contributed by atoms with Crippen molar-refractivity contribution in [2.24, 2.45) is 0 Å². The number of phenolic OH excluding ortho intramolecular Hbond substituents is 1. The molecule has 3 rings (SSSR count). The van der Waals surface area contributed by atoms with Crippen LogP contribution in [-0.4, -0.2) is 15.2 Å². The van der Waals surface area contributed by atoms with Gasteiger partial charge in [0.25, 0.3) is 5.56 Å². The number of aromatic hydroxyl groups is 1. The number of hydrogen-bond acceptors (Lipinski definition) is 4. The molecule has 0 spiro atoms. The fourth-order valence-electron chi connectivity index (χ4n) is 2.45.